The SMILES string of the molecule is C[C@@H](c1nc(-c2ccc(C#N)cc2)cs1)[C@@](Cn1cncn1)(OCOC(=O)c1ccccc1OP(=O)(OCc1ccccc1)OCc1ccccc1)c1ccc(F)cc1F. The number of thiazole rings is 1. The summed E-state index contributed by atoms with van der Waals surface area (Å²) in [7, 11) is -4.39. The van der Waals surface area contributed by atoms with E-state index in [1.807, 2.05) is 17.5 Å². The minimum Gasteiger partial charge on any atom is -0.435 e. The lowest BCUT2D eigenvalue weighted by molar-refractivity contribution is -0.148. The highest BCUT2D eigenvalue weighted by Crippen LogP contribution is 2.52. The molecule has 12 nitrogen and oxygen atoms in total. The summed E-state index contributed by atoms with van der Waals surface area (Å²) >= 11 is 1.28. The van der Waals surface area contributed by atoms with Crippen molar-refractivity contribution in [1.82, 2.24) is 19.7 Å². The number of esters is 1. The van der Waals surface area contributed by atoms with Gasteiger partial charge < -0.3 is 14.0 Å². The van der Waals surface area contributed by atoms with Gasteiger partial charge in [0.15, 0.2) is 6.79 Å². The maximum absolute atomic E-state index is 16.0. The lowest BCUT2D eigenvalue weighted by atomic mass is 9.81. The van der Waals surface area contributed by atoms with Crippen LogP contribution in [0.15, 0.2) is 145 Å². The second kappa shape index (κ2) is 19.1. The van der Waals surface area contributed by atoms with Crippen molar-refractivity contribution in [3.05, 3.63) is 190 Å². The van der Waals surface area contributed by atoms with Crippen LogP contribution in [-0.2, 0) is 48.4 Å². The summed E-state index contributed by atoms with van der Waals surface area (Å²) in [5, 5.41) is 15.8. The number of carbonyl (C=O) groups is 1. The number of nitriles is 1. The molecule has 0 aliphatic rings. The van der Waals surface area contributed by atoms with Crippen molar-refractivity contribution in [2.24, 2.45) is 0 Å². The fraction of sp³-hybridized carbons (Fsp3) is 0.159. The average molecular weight is 848 g/mol. The highest BCUT2D eigenvalue weighted by atomic mass is 32.1. The number of halogens is 2. The van der Waals surface area contributed by atoms with E-state index in [2.05, 4.69) is 16.2 Å². The third-order valence-electron chi connectivity index (χ3n) is 9.44. The van der Waals surface area contributed by atoms with Crippen LogP contribution in [0.2, 0.25) is 0 Å². The molecule has 0 spiro atoms. The standard InChI is InChI=1S/C44H36F2N5O7PS/c1-31(42-50-40(26-60-42)35-18-16-32(23-47)17-19-35)44(27-51-29-48-28-49-51,38-21-20-36(45)22-39(38)46)55-30-54-43(52)37-14-8-9-15-41(37)58-59(53,56-24-33-10-4-2-5-11-33)57-25-34-12-6-3-7-13-34/h2-22,26,28-29,31H,24-25,27,30H2,1H3/t31-,44+/m0/s1. The van der Waals surface area contributed by atoms with Crippen LogP contribution >= 0.6 is 19.2 Å². The van der Waals surface area contributed by atoms with Gasteiger partial charge in [-0.3, -0.25) is 9.05 Å². The van der Waals surface area contributed by atoms with Gasteiger partial charge in [0.1, 0.15) is 41.2 Å². The molecule has 0 saturated carbocycles. The van der Waals surface area contributed by atoms with Gasteiger partial charge in [-0.1, -0.05) is 97.9 Å². The molecule has 0 bridgehead atoms. The number of hydrogen-bond acceptors (Lipinski definition) is 12. The number of carbonyl (C=O) groups excluding carboxylic acids is 1. The number of phosphoric ester groups is 1. The fourth-order valence-corrected chi connectivity index (χ4v) is 8.43. The van der Waals surface area contributed by atoms with Gasteiger partial charge in [0, 0.05) is 28.5 Å². The zero-order valence-corrected chi connectivity index (χ0v) is 33.7. The Morgan fingerprint density at radius 3 is 2.20 bits per heavy atom. The zero-order chi connectivity index (χ0) is 42.0. The Balaban J connectivity index is 1.16. The van der Waals surface area contributed by atoms with Gasteiger partial charge >= 0.3 is 13.8 Å². The predicted octanol–water partition coefficient (Wildman–Crippen LogP) is 10.0. The molecule has 5 aromatic carbocycles. The van der Waals surface area contributed by atoms with E-state index in [9.17, 15) is 19.0 Å². The summed E-state index contributed by atoms with van der Waals surface area (Å²) < 4.78 is 75.6. The smallest absolute Gasteiger partial charge is 0.435 e. The first kappa shape index (κ1) is 41.7. The van der Waals surface area contributed by atoms with Gasteiger partial charge in [-0.05, 0) is 41.5 Å². The summed E-state index contributed by atoms with van der Waals surface area (Å²) in [5.74, 6) is -3.60. The van der Waals surface area contributed by atoms with Crippen LogP contribution in [0.3, 0.4) is 0 Å². The fourth-order valence-electron chi connectivity index (χ4n) is 6.27. The topological polar surface area (TPSA) is 148 Å². The van der Waals surface area contributed by atoms with Gasteiger partial charge in [0.25, 0.3) is 0 Å². The van der Waals surface area contributed by atoms with E-state index in [1.165, 1.54) is 46.9 Å². The summed E-state index contributed by atoms with van der Waals surface area (Å²) in [6, 6.07) is 36.1. The Hall–Kier alpha value is -6.40. The van der Waals surface area contributed by atoms with Gasteiger partial charge in [0.05, 0.1) is 42.1 Å². The van der Waals surface area contributed by atoms with Crippen LogP contribution in [0.5, 0.6) is 5.75 Å². The zero-order valence-electron chi connectivity index (χ0n) is 32.0. The van der Waals surface area contributed by atoms with E-state index in [0.717, 1.165) is 17.7 Å². The number of nitrogens with zero attached hydrogens (tertiary/aromatic N) is 5. The second-order valence-electron chi connectivity index (χ2n) is 13.3. The van der Waals surface area contributed by atoms with Crippen LogP contribution in [-0.4, -0.2) is 32.5 Å². The average Bonchev–Trinajstić information content (AvgIpc) is 3.99. The summed E-state index contributed by atoms with van der Waals surface area (Å²) in [6.07, 6.45) is 2.71. The molecule has 0 amide bonds. The quantitative estimate of drug-likeness (QED) is 0.0462. The summed E-state index contributed by atoms with van der Waals surface area (Å²) in [4.78, 5) is 22.8. The molecule has 7 aromatic rings. The molecule has 0 unspecified atom stereocenters. The van der Waals surface area contributed by atoms with Crippen molar-refractivity contribution < 1.29 is 41.2 Å². The first-order chi connectivity index (χ1) is 29.1. The molecule has 0 aliphatic heterocycles. The third-order valence-corrected chi connectivity index (χ3v) is 11.8. The van der Waals surface area contributed by atoms with E-state index >= 15 is 4.39 Å². The molecule has 2 atom stereocenters. The Bertz CT molecular complexity index is 2560. The van der Waals surface area contributed by atoms with Gasteiger partial charge in [-0.2, -0.15) is 10.4 Å². The third kappa shape index (κ3) is 10.1. The molecule has 60 heavy (non-hydrogen) atoms. The number of aromatic nitrogens is 4. The van der Waals surface area contributed by atoms with Gasteiger partial charge in [0.2, 0.25) is 0 Å². The Labute approximate surface area is 348 Å². The van der Waals surface area contributed by atoms with Gasteiger partial charge in [-0.25, -0.2) is 32.8 Å². The van der Waals surface area contributed by atoms with Crippen LogP contribution in [0.25, 0.3) is 11.3 Å². The molecule has 0 aliphatic carbocycles. The number of hydrogen-bond donors (Lipinski definition) is 0. The Morgan fingerprint density at radius 1 is 0.900 bits per heavy atom. The number of para-hydroxylation sites is 1. The van der Waals surface area contributed by atoms with Crippen molar-refractivity contribution in [3.8, 4) is 23.1 Å². The first-order valence-electron chi connectivity index (χ1n) is 18.5. The minimum atomic E-state index is -4.39. The molecule has 0 fully saturated rings. The van der Waals surface area contributed by atoms with E-state index in [0.29, 0.717) is 27.4 Å². The molecule has 0 radical (unpaired) electrons. The van der Waals surface area contributed by atoms with Crippen molar-refractivity contribution >= 4 is 25.1 Å². The molecule has 7 rings (SSSR count). The maximum atomic E-state index is 16.0. The number of benzene rings is 5. The number of rotatable bonds is 18. The lowest BCUT2D eigenvalue weighted by Gasteiger charge is -2.38. The molecule has 2 aromatic heterocycles. The summed E-state index contributed by atoms with van der Waals surface area (Å²) in [6.45, 7) is 0.610. The Morgan fingerprint density at radius 2 is 1.57 bits per heavy atom. The van der Waals surface area contributed by atoms with Gasteiger partial charge in [-0.15, -0.1) is 11.3 Å². The van der Waals surface area contributed by atoms with E-state index in [1.54, 1.807) is 91.9 Å². The first-order valence-corrected chi connectivity index (χ1v) is 20.8. The maximum Gasteiger partial charge on any atom is 0.530 e. The molecule has 304 valence electrons. The molecule has 2 heterocycles. The Kier molecular flexibility index (Phi) is 13.3. The van der Waals surface area contributed by atoms with Crippen LogP contribution in [0, 0.1) is 23.0 Å². The second-order valence-corrected chi connectivity index (χ2v) is 15.8. The molecular formula is C44H36F2N5O7PS. The van der Waals surface area contributed by atoms with Crippen LogP contribution in [0.4, 0.5) is 8.78 Å². The summed E-state index contributed by atoms with van der Waals surface area (Å²) in [5.41, 5.74) is 1.32. The number of ether oxygens (including phenoxy) is 2. The van der Waals surface area contributed by atoms with Crippen molar-refractivity contribution in [2.75, 3.05) is 6.79 Å². The molecular weight excluding hydrogens is 812 g/mol. The minimum absolute atomic E-state index is 0.0612. The monoisotopic (exact) mass is 847 g/mol. The van der Waals surface area contributed by atoms with Crippen LogP contribution < -0.4 is 4.52 Å². The largest absolute Gasteiger partial charge is 0.530 e. The van der Waals surface area contributed by atoms with Crippen molar-refractivity contribution in [3.63, 3.8) is 0 Å². The van der Waals surface area contributed by atoms with Crippen LogP contribution in [0.1, 0.15) is 50.5 Å². The highest BCUT2D eigenvalue weighted by Gasteiger charge is 2.45. The van der Waals surface area contributed by atoms with Crippen molar-refractivity contribution in [2.45, 2.75) is 38.2 Å². The molecule has 16 heteroatoms. The normalized spacial score (nSPS) is 12.9. The van der Waals surface area contributed by atoms with E-state index < -0.39 is 43.7 Å². The molecule has 0 saturated heterocycles. The molecule has 0 N–H and O–H groups in total. The van der Waals surface area contributed by atoms with E-state index in [-0.39, 0.29) is 36.6 Å². The number of phosphoric acid groups is 1. The van der Waals surface area contributed by atoms with Crippen molar-refractivity contribution in [1.29, 1.82) is 5.26 Å². The predicted molar refractivity (Wildman–Crippen MR) is 217 cm³/mol. The van der Waals surface area contributed by atoms with E-state index in [4.69, 9.17) is 28.0 Å². The highest BCUT2D eigenvalue weighted by molar-refractivity contribution is 7.48. The lowest BCUT2D eigenvalue weighted by Crippen LogP contribution is -2.42.